The van der Waals surface area contributed by atoms with Crippen LogP contribution in [0.25, 0.3) is 0 Å². The normalized spacial score (nSPS) is 23.6. The van der Waals surface area contributed by atoms with Crippen molar-refractivity contribution < 1.29 is 9.59 Å². The second-order valence-electron chi connectivity index (χ2n) is 9.30. The van der Waals surface area contributed by atoms with Crippen LogP contribution in [0.15, 0.2) is 30.3 Å². The molecule has 3 aliphatic rings. The zero-order valence-electron chi connectivity index (χ0n) is 18.9. The molecule has 1 atom stereocenters. The zero-order valence-corrected chi connectivity index (χ0v) is 19.7. The van der Waals surface area contributed by atoms with Gasteiger partial charge in [-0.1, -0.05) is 50.1 Å². The van der Waals surface area contributed by atoms with Crippen molar-refractivity contribution in [3.8, 4) is 0 Å². The SMILES string of the molecule is CCCN1C(=O)[C@@H]2CSCN2C(=O)C12CCN(CCCCCCc1ccccc1)CC2. The van der Waals surface area contributed by atoms with E-state index in [1.807, 2.05) is 9.80 Å². The second kappa shape index (κ2) is 10.4. The molecule has 1 aromatic carbocycles. The van der Waals surface area contributed by atoms with E-state index in [4.69, 9.17) is 0 Å². The third-order valence-corrected chi connectivity index (χ3v) is 8.28. The molecule has 3 fully saturated rings. The van der Waals surface area contributed by atoms with Crippen molar-refractivity contribution in [1.29, 1.82) is 0 Å². The molecule has 3 heterocycles. The number of nitrogens with zero attached hydrogens (tertiary/aromatic N) is 3. The molecule has 2 amide bonds. The molecule has 31 heavy (non-hydrogen) atoms. The van der Waals surface area contributed by atoms with E-state index >= 15 is 0 Å². The first-order valence-corrected chi connectivity index (χ1v) is 13.3. The van der Waals surface area contributed by atoms with Crippen LogP contribution >= 0.6 is 11.8 Å². The summed E-state index contributed by atoms with van der Waals surface area (Å²) in [5.74, 6) is 1.86. The summed E-state index contributed by atoms with van der Waals surface area (Å²) in [5, 5.41) is 0. The molecule has 170 valence electrons. The lowest BCUT2D eigenvalue weighted by atomic mass is 9.81. The quantitative estimate of drug-likeness (QED) is 0.545. The minimum Gasteiger partial charge on any atom is -0.326 e. The van der Waals surface area contributed by atoms with E-state index in [-0.39, 0.29) is 17.9 Å². The van der Waals surface area contributed by atoms with Gasteiger partial charge in [0.1, 0.15) is 11.6 Å². The summed E-state index contributed by atoms with van der Waals surface area (Å²) in [6.07, 6.45) is 8.68. The third-order valence-electron chi connectivity index (χ3n) is 7.27. The van der Waals surface area contributed by atoms with E-state index in [0.29, 0.717) is 12.4 Å². The van der Waals surface area contributed by atoms with Crippen LogP contribution < -0.4 is 0 Å². The van der Waals surface area contributed by atoms with E-state index in [0.717, 1.165) is 44.6 Å². The van der Waals surface area contributed by atoms with Crippen LogP contribution in [0.1, 0.15) is 57.4 Å². The van der Waals surface area contributed by atoms with E-state index < -0.39 is 5.54 Å². The number of aryl methyl sites for hydroxylation is 1. The van der Waals surface area contributed by atoms with Crippen LogP contribution in [-0.4, -0.2) is 75.9 Å². The highest BCUT2D eigenvalue weighted by molar-refractivity contribution is 7.99. The van der Waals surface area contributed by atoms with Crippen LogP contribution in [0, 0.1) is 0 Å². The fraction of sp³-hybridized carbons (Fsp3) is 0.680. The van der Waals surface area contributed by atoms with Crippen molar-refractivity contribution in [2.45, 2.75) is 69.9 Å². The molecule has 4 rings (SSSR count). The standard InChI is InChI=1S/C25H37N3O2S/c1-2-15-28-23(29)22-19-31-20-27(22)24(30)25(28)13-17-26(18-14-25)16-9-4-3-6-10-21-11-7-5-8-12-21/h5,7-8,11-12,22H,2-4,6,9-10,13-20H2,1H3/t22-/m0/s1. The van der Waals surface area contributed by atoms with Gasteiger partial charge in [-0.25, -0.2) is 0 Å². The van der Waals surface area contributed by atoms with Gasteiger partial charge in [-0.05, 0) is 50.6 Å². The van der Waals surface area contributed by atoms with Gasteiger partial charge in [-0.2, -0.15) is 0 Å². The van der Waals surface area contributed by atoms with Crippen molar-refractivity contribution >= 4 is 23.6 Å². The number of rotatable bonds is 9. The second-order valence-corrected chi connectivity index (χ2v) is 10.3. The molecule has 0 saturated carbocycles. The summed E-state index contributed by atoms with van der Waals surface area (Å²) >= 11 is 1.72. The highest BCUT2D eigenvalue weighted by Gasteiger charge is 2.57. The molecule has 5 nitrogen and oxygen atoms in total. The van der Waals surface area contributed by atoms with Crippen molar-refractivity contribution in [3.63, 3.8) is 0 Å². The Morgan fingerprint density at radius 3 is 2.48 bits per heavy atom. The van der Waals surface area contributed by atoms with Gasteiger partial charge in [0, 0.05) is 25.4 Å². The molecule has 6 heteroatoms. The Morgan fingerprint density at radius 1 is 1.00 bits per heavy atom. The van der Waals surface area contributed by atoms with Crippen LogP contribution in [-0.2, 0) is 16.0 Å². The molecule has 1 aromatic rings. The predicted octanol–water partition coefficient (Wildman–Crippen LogP) is 3.78. The maximum Gasteiger partial charge on any atom is 0.250 e. The zero-order chi connectivity index (χ0) is 21.7. The molecule has 0 unspecified atom stereocenters. The maximum absolute atomic E-state index is 13.5. The highest BCUT2D eigenvalue weighted by Crippen LogP contribution is 2.40. The first-order valence-electron chi connectivity index (χ1n) is 12.1. The van der Waals surface area contributed by atoms with Crippen LogP contribution in [0.4, 0.5) is 0 Å². The number of carbonyl (C=O) groups is 2. The van der Waals surface area contributed by atoms with Gasteiger partial charge in [0.15, 0.2) is 0 Å². The molecule has 0 aromatic heterocycles. The maximum atomic E-state index is 13.5. The molecule has 0 radical (unpaired) electrons. The lowest BCUT2D eigenvalue weighted by Crippen LogP contribution is -2.72. The van der Waals surface area contributed by atoms with Gasteiger partial charge in [0.2, 0.25) is 11.8 Å². The summed E-state index contributed by atoms with van der Waals surface area (Å²) in [5.41, 5.74) is 0.853. The first kappa shape index (κ1) is 22.7. The Balaban J connectivity index is 1.24. The number of thioether (sulfide) groups is 1. The van der Waals surface area contributed by atoms with Gasteiger partial charge in [0.05, 0.1) is 5.88 Å². The van der Waals surface area contributed by atoms with E-state index in [9.17, 15) is 9.59 Å². The first-order chi connectivity index (χ1) is 15.2. The monoisotopic (exact) mass is 443 g/mol. The Kier molecular flexibility index (Phi) is 7.59. The molecular formula is C25H37N3O2S. The van der Waals surface area contributed by atoms with Crippen LogP contribution in [0.2, 0.25) is 0 Å². The molecule has 3 aliphatic heterocycles. The Bertz CT molecular complexity index is 748. The number of piperidine rings is 1. The Morgan fingerprint density at radius 2 is 1.74 bits per heavy atom. The molecular weight excluding hydrogens is 406 g/mol. The van der Waals surface area contributed by atoms with E-state index in [1.54, 1.807) is 11.8 Å². The van der Waals surface area contributed by atoms with Crippen LogP contribution in [0.3, 0.4) is 0 Å². The van der Waals surface area contributed by atoms with E-state index in [1.165, 1.54) is 37.7 Å². The summed E-state index contributed by atoms with van der Waals surface area (Å²) in [7, 11) is 0. The average molecular weight is 444 g/mol. The van der Waals surface area contributed by atoms with Gasteiger partial charge in [0.25, 0.3) is 0 Å². The Hall–Kier alpha value is -1.53. The van der Waals surface area contributed by atoms with Crippen molar-refractivity contribution in [3.05, 3.63) is 35.9 Å². The lowest BCUT2D eigenvalue weighted by molar-refractivity contribution is -0.172. The topological polar surface area (TPSA) is 43.9 Å². The number of amides is 2. The number of likely N-dealkylation sites (tertiary alicyclic amines) is 1. The molecule has 1 spiro atoms. The minimum absolute atomic E-state index is 0.193. The summed E-state index contributed by atoms with van der Waals surface area (Å²) < 4.78 is 0. The molecule has 3 saturated heterocycles. The minimum atomic E-state index is -0.583. The third kappa shape index (κ3) is 4.80. The van der Waals surface area contributed by atoms with E-state index in [2.05, 4.69) is 42.2 Å². The van der Waals surface area contributed by atoms with Crippen LogP contribution in [0.5, 0.6) is 0 Å². The fourth-order valence-corrected chi connectivity index (χ4v) is 6.61. The highest BCUT2D eigenvalue weighted by atomic mass is 32.2. The number of piperazine rings is 1. The number of benzene rings is 1. The number of carbonyl (C=O) groups excluding carboxylic acids is 2. The number of hydrogen-bond acceptors (Lipinski definition) is 4. The average Bonchev–Trinajstić information content (AvgIpc) is 3.30. The predicted molar refractivity (Wildman–Crippen MR) is 127 cm³/mol. The van der Waals surface area contributed by atoms with Crippen molar-refractivity contribution in [2.75, 3.05) is 37.8 Å². The summed E-state index contributed by atoms with van der Waals surface area (Å²) in [6.45, 7) is 5.78. The smallest absolute Gasteiger partial charge is 0.250 e. The summed E-state index contributed by atoms with van der Waals surface area (Å²) in [4.78, 5) is 33.0. The largest absolute Gasteiger partial charge is 0.326 e. The number of unbranched alkanes of at least 4 members (excludes halogenated alkanes) is 3. The van der Waals surface area contributed by atoms with Gasteiger partial charge in [-0.15, -0.1) is 11.8 Å². The van der Waals surface area contributed by atoms with Crippen molar-refractivity contribution in [1.82, 2.24) is 14.7 Å². The lowest BCUT2D eigenvalue weighted by Gasteiger charge is -2.53. The summed E-state index contributed by atoms with van der Waals surface area (Å²) in [6, 6.07) is 10.5. The molecule has 0 N–H and O–H groups in total. The van der Waals surface area contributed by atoms with Crippen molar-refractivity contribution in [2.24, 2.45) is 0 Å². The molecule has 0 bridgehead atoms. The van der Waals surface area contributed by atoms with Gasteiger partial charge in [-0.3, -0.25) is 9.59 Å². The van der Waals surface area contributed by atoms with Gasteiger partial charge >= 0.3 is 0 Å². The Labute approximate surface area is 191 Å². The number of hydrogen-bond donors (Lipinski definition) is 0. The number of fused-ring (bicyclic) bond motifs is 1. The molecule has 0 aliphatic carbocycles. The fourth-order valence-electron chi connectivity index (χ4n) is 5.46. The van der Waals surface area contributed by atoms with Gasteiger partial charge < -0.3 is 14.7 Å².